The molecular formula is C55H100O5. The summed E-state index contributed by atoms with van der Waals surface area (Å²) in [5, 5.41) is 0. The lowest BCUT2D eigenvalue weighted by Crippen LogP contribution is -2.30. The van der Waals surface area contributed by atoms with Gasteiger partial charge in [-0.05, 0) is 57.8 Å². The van der Waals surface area contributed by atoms with E-state index in [9.17, 15) is 9.59 Å². The van der Waals surface area contributed by atoms with E-state index < -0.39 is 6.10 Å². The van der Waals surface area contributed by atoms with Crippen molar-refractivity contribution < 1.29 is 23.8 Å². The molecule has 0 bridgehead atoms. The Morgan fingerprint density at radius 1 is 0.383 bits per heavy atom. The number of unbranched alkanes of at least 4 members (excludes halogenated alkanes) is 29. The minimum Gasteiger partial charge on any atom is -0.462 e. The molecule has 0 aliphatic rings. The molecule has 0 saturated heterocycles. The molecule has 0 radical (unpaired) electrons. The van der Waals surface area contributed by atoms with E-state index in [0.29, 0.717) is 19.4 Å². The van der Waals surface area contributed by atoms with Gasteiger partial charge < -0.3 is 14.2 Å². The lowest BCUT2D eigenvalue weighted by atomic mass is 10.0. The molecular weight excluding hydrogens is 741 g/mol. The van der Waals surface area contributed by atoms with Crippen LogP contribution in [0.15, 0.2) is 48.6 Å². The number of ether oxygens (including phenoxy) is 3. The Labute approximate surface area is 373 Å². The van der Waals surface area contributed by atoms with Gasteiger partial charge in [0.25, 0.3) is 0 Å². The maximum atomic E-state index is 12.8. The van der Waals surface area contributed by atoms with Gasteiger partial charge in [-0.2, -0.15) is 0 Å². The molecule has 1 unspecified atom stereocenters. The molecule has 0 fully saturated rings. The summed E-state index contributed by atoms with van der Waals surface area (Å²) < 4.78 is 17.4. The van der Waals surface area contributed by atoms with Crippen LogP contribution in [0.1, 0.15) is 265 Å². The molecule has 0 aliphatic carbocycles. The van der Waals surface area contributed by atoms with Crippen LogP contribution in [0.25, 0.3) is 0 Å². The average Bonchev–Trinajstić information content (AvgIpc) is 3.25. The molecule has 0 aromatic rings. The first-order valence-corrected chi connectivity index (χ1v) is 26.2. The Bertz CT molecular complexity index is 997. The molecule has 1 atom stereocenters. The van der Waals surface area contributed by atoms with Crippen molar-refractivity contribution >= 4 is 11.9 Å². The Morgan fingerprint density at radius 2 is 0.750 bits per heavy atom. The minimum absolute atomic E-state index is 0.0823. The van der Waals surface area contributed by atoms with Gasteiger partial charge in [0.15, 0.2) is 6.10 Å². The van der Waals surface area contributed by atoms with Gasteiger partial charge in [-0.25, -0.2) is 0 Å². The van der Waals surface area contributed by atoms with Crippen molar-refractivity contribution in [2.45, 2.75) is 271 Å². The second-order valence-corrected chi connectivity index (χ2v) is 17.4. The summed E-state index contributed by atoms with van der Waals surface area (Å²) in [5.74, 6) is -0.395. The van der Waals surface area contributed by atoms with Crippen LogP contribution in [0.2, 0.25) is 0 Å². The molecule has 5 nitrogen and oxygen atoms in total. The summed E-state index contributed by atoms with van der Waals surface area (Å²) in [5.41, 5.74) is 0. The normalized spacial score (nSPS) is 12.5. The average molecular weight is 841 g/mol. The summed E-state index contributed by atoms with van der Waals surface area (Å²) in [4.78, 5) is 25.4. The second kappa shape index (κ2) is 51.2. The minimum atomic E-state index is -0.541. The first-order valence-electron chi connectivity index (χ1n) is 26.2. The van der Waals surface area contributed by atoms with Crippen molar-refractivity contribution in [3.63, 3.8) is 0 Å². The highest BCUT2D eigenvalue weighted by Gasteiger charge is 2.17. The number of hydrogen-bond acceptors (Lipinski definition) is 5. The highest BCUT2D eigenvalue weighted by molar-refractivity contribution is 5.70. The molecule has 0 N–H and O–H groups in total. The Morgan fingerprint density at radius 3 is 1.20 bits per heavy atom. The van der Waals surface area contributed by atoms with Gasteiger partial charge in [0.2, 0.25) is 0 Å². The Balaban J connectivity index is 4.27. The van der Waals surface area contributed by atoms with Crippen molar-refractivity contribution in [1.82, 2.24) is 0 Å². The van der Waals surface area contributed by atoms with Gasteiger partial charge in [0, 0.05) is 19.4 Å². The number of allylic oxidation sites excluding steroid dienone is 8. The summed E-state index contributed by atoms with van der Waals surface area (Å²) in [6.45, 7) is 7.71. The van der Waals surface area contributed by atoms with Crippen molar-refractivity contribution in [1.29, 1.82) is 0 Å². The monoisotopic (exact) mass is 841 g/mol. The maximum Gasteiger partial charge on any atom is 0.306 e. The van der Waals surface area contributed by atoms with Gasteiger partial charge in [0.1, 0.15) is 6.61 Å². The number of rotatable bonds is 48. The van der Waals surface area contributed by atoms with E-state index in [4.69, 9.17) is 14.2 Å². The predicted octanol–water partition coefficient (Wildman–Crippen LogP) is 17.6. The van der Waals surface area contributed by atoms with E-state index in [-0.39, 0.29) is 25.2 Å². The number of hydrogen-bond donors (Lipinski definition) is 0. The topological polar surface area (TPSA) is 61.8 Å². The molecule has 0 aromatic heterocycles. The van der Waals surface area contributed by atoms with Gasteiger partial charge >= 0.3 is 11.9 Å². The largest absolute Gasteiger partial charge is 0.462 e. The van der Waals surface area contributed by atoms with E-state index in [0.717, 1.165) is 70.6 Å². The first-order chi connectivity index (χ1) is 29.6. The van der Waals surface area contributed by atoms with Crippen molar-refractivity contribution in [3.05, 3.63) is 48.6 Å². The zero-order valence-electron chi connectivity index (χ0n) is 40.2. The molecule has 60 heavy (non-hydrogen) atoms. The lowest BCUT2D eigenvalue weighted by molar-refractivity contribution is -0.163. The van der Waals surface area contributed by atoms with Crippen LogP contribution in [0.5, 0.6) is 0 Å². The zero-order chi connectivity index (χ0) is 43.5. The van der Waals surface area contributed by atoms with Crippen LogP contribution < -0.4 is 0 Å². The molecule has 0 rings (SSSR count). The van der Waals surface area contributed by atoms with Crippen LogP contribution in [-0.2, 0) is 23.8 Å². The van der Waals surface area contributed by atoms with Crippen LogP contribution in [0.4, 0.5) is 0 Å². The van der Waals surface area contributed by atoms with Gasteiger partial charge in [-0.15, -0.1) is 0 Å². The van der Waals surface area contributed by atoms with Crippen LogP contribution >= 0.6 is 0 Å². The van der Waals surface area contributed by atoms with Crippen LogP contribution in [-0.4, -0.2) is 37.9 Å². The second-order valence-electron chi connectivity index (χ2n) is 17.4. The summed E-state index contributed by atoms with van der Waals surface area (Å²) in [6, 6.07) is 0. The van der Waals surface area contributed by atoms with Crippen molar-refractivity contribution in [2.75, 3.05) is 19.8 Å². The molecule has 0 amide bonds. The molecule has 0 aromatic carbocycles. The van der Waals surface area contributed by atoms with E-state index in [1.54, 1.807) is 0 Å². The Hall–Kier alpha value is -2.14. The van der Waals surface area contributed by atoms with E-state index in [1.807, 2.05) is 0 Å². The third-order valence-electron chi connectivity index (χ3n) is 11.4. The van der Waals surface area contributed by atoms with E-state index in [1.165, 1.54) is 161 Å². The fraction of sp³-hybridized carbons (Fsp3) is 0.818. The Kier molecular flexibility index (Phi) is 49.4. The standard InChI is InChI=1S/C55H100O5/c1-4-7-10-13-16-19-22-25-26-27-28-29-32-35-38-41-44-47-50-58-51-53(60-55(57)49-46-43-40-37-34-31-24-21-18-15-12-9-6-3)52-59-54(56)48-45-42-39-36-33-30-23-20-17-14-11-8-5-2/h7,10,16,19,25-26,28-29,53H,4-6,8-9,11-15,17-18,20-24,27,30-52H2,1-3H3/b10-7-,19-16-,26-25-,29-28-. The van der Waals surface area contributed by atoms with Gasteiger partial charge in [-0.3, -0.25) is 9.59 Å². The highest BCUT2D eigenvalue weighted by Crippen LogP contribution is 2.16. The van der Waals surface area contributed by atoms with Gasteiger partial charge in [0.05, 0.1) is 6.61 Å². The number of carbonyl (C=O) groups excluding carboxylic acids is 2. The quantitative estimate of drug-likeness (QED) is 0.0347. The van der Waals surface area contributed by atoms with Crippen LogP contribution in [0.3, 0.4) is 0 Å². The van der Waals surface area contributed by atoms with Crippen molar-refractivity contribution in [3.8, 4) is 0 Å². The molecule has 5 heteroatoms. The maximum absolute atomic E-state index is 12.8. The third kappa shape index (κ3) is 48.5. The number of carbonyl (C=O) groups is 2. The lowest BCUT2D eigenvalue weighted by Gasteiger charge is -2.18. The molecule has 0 heterocycles. The molecule has 0 spiro atoms. The SMILES string of the molecule is CC/C=C\C/C=C\C/C=C\C/C=C\CCCCCCCOCC(COC(=O)CCCCCCCCCCCCCCC)OC(=O)CCCCCCCCCCCCCCC. The van der Waals surface area contributed by atoms with Gasteiger partial charge in [-0.1, -0.05) is 243 Å². The molecule has 350 valence electrons. The predicted molar refractivity (Wildman–Crippen MR) is 261 cm³/mol. The van der Waals surface area contributed by atoms with E-state index in [2.05, 4.69) is 69.4 Å². The number of esters is 2. The molecule has 0 saturated carbocycles. The zero-order valence-corrected chi connectivity index (χ0v) is 40.2. The van der Waals surface area contributed by atoms with E-state index >= 15 is 0 Å². The third-order valence-corrected chi connectivity index (χ3v) is 11.4. The molecule has 0 aliphatic heterocycles. The fourth-order valence-electron chi connectivity index (χ4n) is 7.50. The first kappa shape index (κ1) is 57.9. The summed E-state index contributed by atoms with van der Waals surface area (Å²) in [6.07, 6.45) is 62.6. The summed E-state index contributed by atoms with van der Waals surface area (Å²) >= 11 is 0. The van der Waals surface area contributed by atoms with Crippen LogP contribution in [0, 0.1) is 0 Å². The fourth-order valence-corrected chi connectivity index (χ4v) is 7.50. The summed E-state index contributed by atoms with van der Waals surface area (Å²) in [7, 11) is 0. The van der Waals surface area contributed by atoms with Crippen molar-refractivity contribution in [2.24, 2.45) is 0 Å². The smallest absolute Gasteiger partial charge is 0.306 e. The highest BCUT2D eigenvalue weighted by atomic mass is 16.6.